The number of ether oxygens (including phenoxy) is 2. The van der Waals surface area contributed by atoms with Crippen LogP contribution in [0.3, 0.4) is 0 Å². The summed E-state index contributed by atoms with van der Waals surface area (Å²) in [7, 11) is -2.25. The third-order valence-electron chi connectivity index (χ3n) is 7.19. The molecule has 2 N–H and O–H groups in total. The third kappa shape index (κ3) is 6.56. The highest BCUT2D eigenvalue weighted by molar-refractivity contribution is 7.89. The Morgan fingerprint density at radius 2 is 1.64 bits per heavy atom. The standard InChI is InChI=1S/C27H35FN2O5S/c1-18(19-7-11-21(28)12-8-19)29-27(31)20-9-13-22(14-10-20)30-36(32,33)24-15-16-25(26(17-24)34-2)35-23-5-3-4-6-23/h7-8,11-12,15-18,20,22-23,30H,3-6,9-10,13-14H2,1-2H3,(H,29,31)/t18-,20-,22-/m1/s1. The molecule has 1 atom stereocenters. The van der Waals surface area contributed by atoms with Crippen LogP contribution < -0.4 is 19.5 Å². The number of carbonyl (C=O) groups excluding carboxylic acids is 1. The van der Waals surface area contributed by atoms with E-state index in [9.17, 15) is 17.6 Å². The van der Waals surface area contributed by atoms with Gasteiger partial charge in [0, 0.05) is 18.0 Å². The molecule has 0 radical (unpaired) electrons. The fourth-order valence-corrected chi connectivity index (χ4v) is 6.35. The van der Waals surface area contributed by atoms with Crippen molar-refractivity contribution >= 4 is 15.9 Å². The van der Waals surface area contributed by atoms with Gasteiger partial charge >= 0.3 is 0 Å². The summed E-state index contributed by atoms with van der Waals surface area (Å²) >= 11 is 0. The molecule has 0 bridgehead atoms. The van der Waals surface area contributed by atoms with Gasteiger partial charge in [-0.1, -0.05) is 12.1 Å². The maximum atomic E-state index is 13.1. The van der Waals surface area contributed by atoms with Gasteiger partial charge in [0.25, 0.3) is 0 Å². The van der Waals surface area contributed by atoms with Crippen molar-refractivity contribution in [3.05, 3.63) is 53.8 Å². The molecule has 7 nitrogen and oxygen atoms in total. The highest BCUT2D eigenvalue weighted by atomic mass is 32.2. The zero-order chi connectivity index (χ0) is 25.7. The van der Waals surface area contributed by atoms with Crippen LogP contribution in [-0.2, 0) is 14.8 Å². The minimum Gasteiger partial charge on any atom is -0.493 e. The van der Waals surface area contributed by atoms with E-state index >= 15 is 0 Å². The Hall–Kier alpha value is -2.65. The van der Waals surface area contributed by atoms with Crippen molar-refractivity contribution in [3.63, 3.8) is 0 Å². The Bertz CT molecular complexity index is 1140. The van der Waals surface area contributed by atoms with Crippen molar-refractivity contribution in [1.29, 1.82) is 0 Å². The number of sulfonamides is 1. The lowest BCUT2D eigenvalue weighted by atomic mass is 9.85. The lowest BCUT2D eigenvalue weighted by Gasteiger charge is -2.29. The quantitative estimate of drug-likeness (QED) is 0.494. The predicted molar refractivity (Wildman–Crippen MR) is 135 cm³/mol. The molecule has 0 saturated heterocycles. The van der Waals surface area contributed by atoms with E-state index in [0.717, 1.165) is 31.2 Å². The van der Waals surface area contributed by atoms with Crippen LogP contribution >= 0.6 is 0 Å². The normalized spacial score (nSPS) is 21.6. The number of halogens is 1. The second-order valence-electron chi connectivity index (χ2n) is 9.79. The number of nitrogens with one attached hydrogen (secondary N) is 2. The molecule has 0 aromatic heterocycles. The molecular weight excluding hydrogens is 483 g/mol. The number of carbonyl (C=O) groups is 1. The summed E-state index contributed by atoms with van der Waals surface area (Å²) in [5.74, 6) is 0.409. The van der Waals surface area contributed by atoms with Gasteiger partial charge < -0.3 is 14.8 Å². The first-order chi connectivity index (χ1) is 17.2. The van der Waals surface area contributed by atoms with Crippen molar-refractivity contribution in [2.75, 3.05) is 7.11 Å². The zero-order valence-corrected chi connectivity index (χ0v) is 21.7. The summed E-state index contributed by atoms with van der Waals surface area (Å²) in [5.41, 5.74) is 0.835. The monoisotopic (exact) mass is 518 g/mol. The van der Waals surface area contributed by atoms with Gasteiger partial charge in [0.2, 0.25) is 15.9 Å². The zero-order valence-electron chi connectivity index (χ0n) is 20.8. The summed E-state index contributed by atoms with van der Waals surface area (Å²) in [6, 6.07) is 10.3. The highest BCUT2D eigenvalue weighted by Crippen LogP contribution is 2.34. The van der Waals surface area contributed by atoms with Gasteiger partial charge in [0.15, 0.2) is 11.5 Å². The second kappa shape index (κ2) is 11.6. The van der Waals surface area contributed by atoms with Crippen LogP contribution in [-0.4, -0.2) is 33.6 Å². The van der Waals surface area contributed by atoms with Crippen LogP contribution in [0.5, 0.6) is 11.5 Å². The van der Waals surface area contributed by atoms with E-state index in [1.165, 1.54) is 25.3 Å². The number of methoxy groups -OCH3 is 1. The van der Waals surface area contributed by atoms with E-state index in [1.54, 1.807) is 24.3 Å². The van der Waals surface area contributed by atoms with Gasteiger partial charge in [0.05, 0.1) is 24.2 Å². The first-order valence-corrected chi connectivity index (χ1v) is 14.2. The van der Waals surface area contributed by atoms with Crippen molar-refractivity contribution in [3.8, 4) is 11.5 Å². The third-order valence-corrected chi connectivity index (χ3v) is 8.71. The molecule has 9 heteroatoms. The number of hydrogen-bond acceptors (Lipinski definition) is 5. The van der Waals surface area contributed by atoms with E-state index in [1.807, 2.05) is 6.92 Å². The molecular formula is C27H35FN2O5S. The molecule has 2 aromatic rings. The van der Waals surface area contributed by atoms with Crippen molar-refractivity contribution in [2.45, 2.75) is 81.4 Å². The first kappa shape index (κ1) is 26.4. The topological polar surface area (TPSA) is 93.7 Å². The van der Waals surface area contributed by atoms with Crippen molar-refractivity contribution < 1.29 is 27.1 Å². The molecule has 2 aliphatic rings. The molecule has 2 aliphatic carbocycles. The summed E-state index contributed by atoms with van der Waals surface area (Å²) in [6.45, 7) is 1.86. The molecule has 0 aliphatic heterocycles. The fraction of sp³-hybridized carbons (Fsp3) is 0.519. The van der Waals surface area contributed by atoms with E-state index in [0.29, 0.717) is 37.2 Å². The van der Waals surface area contributed by atoms with Crippen molar-refractivity contribution in [2.24, 2.45) is 5.92 Å². The summed E-state index contributed by atoms with van der Waals surface area (Å²) in [6.07, 6.45) is 6.74. The Kier molecular flexibility index (Phi) is 8.51. The molecule has 0 unspecified atom stereocenters. The lowest BCUT2D eigenvalue weighted by molar-refractivity contribution is -0.126. The Balaban J connectivity index is 1.30. The maximum absolute atomic E-state index is 13.1. The SMILES string of the molecule is COc1cc(S(=O)(=O)N[C@H]2CC[C@H](C(=O)N[C@H](C)c3ccc(F)cc3)CC2)ccc1OC1CCCC1. The predicted octanol–water partition coefficient (Wildman–Crippen LogP) is 4.87. The molecule has 196 valence electrons. The van der Waals surface area contributed by atoms with Crippen molar-refractivity contribution in [1.82, 2.24) is 10.0 Å². The summed E-state index contributed by atoms with van der Waals surface area (Å²) < 4.78 is 53.5. The van der Waals surface area contributed by atoms with Gasteiger partial charge in [-0.2, -0.15) is 0 Å². The van der Waals surface area contributed by atoms with E-state index in [4.69, 9.17) is 9.47 Å². The minimum atomic E-state index is -3.75. The Morgan fingerprint density at radius 3 is 2.28 bits per heavy atom. The highest BCUT2D eigenvalue weighted by Gasteiger charge is 2.30. The van der Waals surface area contributed by atoms with Gasteiger partial charge in [-0.3, -0.25) is 4.79 Å². The molecule has 36 heavy (non-hydrogen) atoms. The number of benzene rings is 2. The molecule has 2 aromatic carbocycles. The van der Waals surface area contributed by atoms with Gasteiger partial charge in [-0.15, -0.1) is 0 Å². The van der Waals surface area contributed by atoms with Gasteiger partial charge in [0.1, 0.15) is 5.82 Å². The summed E-state index contributed by atoms with van der Waals surface area (Å²) in [4.78, 5) is 12.9. The smallest absolute Gasteiger partial charge is 0.240 e. The van der Waals surface area contributed by atoms with Crippen LogP contribution in [0.25, 0.3) is 0 Å². The van der Waals surface area contributed by atoms with Crippen LogP contribution in [0.4, 0.5) is 4.39 Å². The first-order valence-electron chi connectivity index (χ1n) is 12.7. The number of rotatable bonds is 9. The Labute approximate surface area is 212 Å². The molecule has 0 heterocycles. The van der Waals surface area contributed by atoms with Gasteiger partial charge in [-0.25, -0.2) is 17.5 Å². The summed E-state index contributed by atoms with van der Waals surface area (Å²) in [5, 5.41) is 2.99. The molecule has 0 spiro atoms. The lowest BCUT2D eigenvalue weighted by Crippen LogP contribution is -2.41. The fourth-order valence-electron chi connectivity index (χ4n) is 5.03. The average Bonchev–Trinajstić information content (AvgIpc) is 3.38. The molecule has 2 fully saturated rings. The molecule has 2 saturated carbocycles. The minimum absolute atomic E-state index is 0.0595. The van der Waals surface area contributed by atoms with Crippen LogP contribution in [0.2, 0.25) is 0 Å². The van der Waals surface area contributed by atoms with Crippen LogP contribution in [0.15, 0.2) is 47.4 Å². The number of amides is 1. The van der Waals surface area contributed by atoms with E-state index < -0.39 is 10.0 Å². The van der Waals surface area contributed by atoms with Crippen LogP contribution in [0.1, 0.15) is 69.9 Å². The largest absolute Gasteiger partial charge is 0.493 e. The molecule has 4 rings (SSSR count). The van der Waals surface area contributed by atoms with Crippen LogP contribution in [0, 0.1) is 11.7 Å². The second-order valence-corrected chi connectivity index (χ2v) is 11.5. The van der Waals surface area contributed by atoms with E-state index in [-0.39, 0.29) is 40.7 Å². The Morgan fingerprint density at radius 1 is 0.972 bits per heavy atom. The van der Waals surface area contributed by atoms with Gasteiger partial charge in [-0.05, 0) is 88.1 Å². The van der Waals surface area contributed by atoms with E-state index in [2.05, 4.69) is 10.0 Å². The average molecular weight is 519 g/mol. The maximum Gasteiger partial charge on any atom is 0.240 e. The molecule has 1 amide bonds. The number of hydrogen-bond donors (Lipinski definition) is 2.